The number of benzene rings is 2. The summed E-state index contributed by atoms with van der Waals surface area (Å²) in [6.45, 7) is 4.82. The molecule has 0 aromatic heterocycles. The Morgan fingerprint density at radius 3 is 2.44 bits per heavy atom. The fraction of sp³-hybridized carbons (Fsp3) is 0.333. The van der Waals surface area contributed by atoms with Crippen molar-refractivity contribution in [1.29, 1.82) is 0 Å². The van der Waals surface area contributed by atoms with E-state index < -0.39 is 0 Å². The van der Waals surface area contributed by atoms with Crippen LogP contribution in [0.5, 0.6) is 0 Å². The second-order valence-corrected chi connectivity index (χ2v) is 5.84. The molecule has 0 N–H and O–H groups in total. The van der Waals surface area contributed by atoms with Gasteiger partial charge in [-0.1, -0.05) is 68.4 Å². The molecule has 92 valence electrons. The largest absolute Gasteiger partial charge is 0.0622 e. The molecule has 2 aromatic carbocycles. The molecule has 0 radical (unpaired) electrons. The Hall–Kier alpha value is -1.56. The van der Waals surface area contributed by atoms with Gasteiger partial charge in [-0.3, -0.25) is 0 Å². The maximum absolute atomic E-state index is 2.43. The van der Waals surface area contributed by atoms with E-state index in [-0.39, 0.29) is 5.41 Å². The van der Waals surface area contributed by atoms with Gasteiger partial charge in [-0.2, -0.15) is 0 Å². The molecule has 0 spiro atoms. The van der Waals surface area contributed by atoms with Gasteiger partial charge in [-0.15, -0.1) is 0 Å². The van der Waals surface area contributed by atoms with Crippen LogP contribution in [0.15, 0.2) is 54.6 Å². The first-order chi connectivity index (χ1) is 8.70. The third-order valence-electron chi connectivity index (χ3n) is 4.66. The topological polar surface area (TPSA) is 0 Å². The van der Waals surface area contributed by atoms with Gasteiger partial charge in [-0.05, 0) is 40.9 Å². The first kappa shape index (κ1) is 11.5. The fourth-order valence-electron chi connectivity index (χ4n) is 3.37. The fourth-order valence-corrected chi connectivity index (χ4v) is 3.37. The summed E-state index contributed by atoms with van der Waals surface area (Å²) in [7, 11) is 0. The highest BCUT2D eigenvalue weighted by Crippen LogP contribution is 2.44. The van der Waals surface area contributed by atoms with Gasteiger partial charge in [-0.25, -0.2) is 0 Å². The van der Waals surface area contributed by atoms with Crippen molar-refractivity contribution in [2.24, 2.45) is 5.92 Å². The summed E-state index contributed by atoms with van der Waals surface area (Å²) in [5.74, 6) is 0.718. The average Bonchev–Trinajstić information content (AvgIpc) is 2.63. The molecule has 1 aliphatic carbocycles. The molecule has 0 saturated heterocycles. The van der Waals surface area contributed by atoms with E-state index in [4.69, 9.17) is 0 Å². The van der Waals surface area contributed by atoms with Gasteiger partial charge in [0.25, 0.3) is 0 Å². The second-order valence-electron chi connectivity index (χ2n) is 5.84. The van der Waals surface area contributed by atoms with Crippen molar-refractivity contribution in [3.8, 4) is 0 Å². The van der Waals surface area contributed by atoms with E-state index in [2.05, 4.69) is 68.4 Å². The molecule has 1 aliphatic rings. The molecule has 0 heterocycles. The van der Waals surface area contributed by atoms with Crippen molar-refractivity contribution in [2.75, 3.05) is 0 Å². The quantitative estimate of drug-likeness (QED) is 0.726. The van der Waals surface area contributed by atoms with Crippen molar-refractivity contribution in [3.05, 3.63) is 71.3 Å². The lowest BCUT2D eigenvalue weighted by atomic mass is 9.73. The predicted molar refractivity (Wildman–Crippen MR) is 76.8 cm³/mol. The van der Waals surface area contributed by atoms with Crippen LogP contribution in [0.2, 0.25) is 0 Å². The van der Waals surface area contributed by atoms with Crippen LogP contribution < -0.4 is 0 Å². The molecule has 0 bridgehead atoms. The van der Waals surface area contributed by atoms with E-state index >= 15 is 0 Å². The van der Waals surface area contributed by atoms with Gasteiger partial charge >= 0.3 is 0 Å². The van der Waals surface area contributed by atoms with Crippen LogP contribution in [0.1, 0.15) is 30.5 Å². The van der Waals surface area contributed by atoms with E-state index in [1.165, 1.54) is 12.0 Å². The molecule has 0 amide bonds. The first-order valence-corrected chi connectivity index (χ1v) is 6.82. The third kappa shape index (κ3) is 1.77. The first-order valence-electron chi connectivity index (χ1n) is 6.82. The van der Waals surface area contributed by atoms with Gasteiger partial charge < -0.3 is 0 Å². The highest BCUT2D eigenvalue weighted by atomic mass is 14.4. The van der Waals surface area contributed by atoms with Gasteiger partial charge in [0.05, 0.1) is 0 Å². The normalized spacial score (nSPS) is 26.0. The molecule has 2 aromatic rings. The molecule has 0 nitrogen and oxygen atoms in total. The summed E-state index contributed by atoms with van der Waals surface area (Å²) in [6, 6.07) is 19.8. The number of hydrogen-bond acceptors (Lipinski definition) is 0. The van der Waals surface area contributed by atoms with Crippen LogP contribution in [-0.4, -0.2) is 0 Å². The number of rotatable bonds is 2. The van der Waals surface area contributed by atoms with Crippen molar-refractivity contribution >= 4 is 0 Å². The molecule has 2 unspecified atom stereocenters. The lowest BCUT2D eigenvalue weighted by molar-refractivity contribution is 0.343. The summed E-state index contributed by atoms with van der Waals surface area (Å²) in [6.07, 6.45) is 2.37. The number of hydrogen-bond donors (Lipinski definition) is 0. The molecular formula is C18H20. The molecular weight excluding hydrogens is 216 g/mol. The monoisotopic (exact) mass is 236 g/mol. The molecule has 0 fully saturated rings. The SMILES string of the molecule is CC1Cc2ccccc2C1(C)Cc1ccccc1. The average molecular weight is 236 g/mol. The van der Waals surface area contributed by atoms with Crippen LogP contribution in [0.25, 0.3) is 0 Å². The highest BCUT2D eigenvalue weighted by molar-refractivity contribution is 5.41. The predicted octanol–water partition coefficient (Wildman–Crippen LogP) is 4.38. The summed E-state index contributed by atoms with van der Waals surface area (Å²) in [5, 5.41) is 0. The maximum atomic E-state index is 2.43. The van der Waals surface area contributed by atoms with Crippen molar-refractivity contribution < 1.29 is 0 Å². The Labute approximate surface area is 110 Å². The van der Waals surface area contributed by atoms with Crippen LogP contribution in [0.4, 0.5) is 0 Å². The Bertz CT molecular complexity index is 541. The summed E-state index contributed by atoms with van der Waals surface area (Å²) in [5.41, 5.74) is 4.84. The highest BCUT2D eigenvalue weighted by Gasteiger charge is 2.39. The summed E-state index contributed by atoms with van der Waals surface area (Å²) in [4.78, 5) is 0. The Morgan fingerprint density at radius 2 is 1.67 bits per heavy atom. The van der Waals surface area contributed by atoms with Crippen LogP contribution >= 0.6 is 0 Å². The van der Waals surface area contributed by atoms with Crippen LogP contribution in [0, 0.1) is 5.92 Å². The maximum Gasteiger partial charge on any atom is -0.000345 e. The van der Waals surface area contributed by atoms with Crippen molar-refractivity contribution in [3.63, 3.8) is 0 Å². The number of fused-ring (bicyclic) bond motifs is 1. The molecule has 0 saturated carbocycles. The molecule has 0 aliphatic heterocycles. The van der Waals surface area contributed by atoms with Crippen LogP contribution in [0.3, 0.4) is 0 Å². The third-order valence-corrected chi connectivity index (χ3v) is 4.66. The standard InChI is InChI=1S/C18H20/c1-14-12-16-10-6-7-11-17(16)18(14,2)13-15-8-4-3-5-9-15/h3-11,14H,12-13H2,1-2H3. The van der Waals surface area contributed by atoms with E-state index in [0.29, 0.717) is 0 Å². The lowest BCUT2D eigenvalue weighted by Crippen LogP contribution is -2.28. The smallest absolute Gasteiger partial charge is 0.000345 e. The molecule has 0 heteroatoms. The minimum absolute atomic E-state index is 0.290. The van der Waals surface area contributed by atoms with E-state index in [1.54, 1.807) is 11.1 Å². The van der Waals surface area contributed by atoms with E-state index in [9.17, 15) is 0 Å². The Kier molecular flexibility index (Phi) is 2.74. The van der Waals surface area contributed by atoms with Crippen molar-refractivity contribution in [1.82, 2.24) is 0 Å². The minimum Gasteiger partial charge on any atom is -0.0622 e. The van der Waals surface area contributed by atoms with Gasteiger partial charge in [0.2, 0.25) is 0 Å². The van der Waals surface area contributed by atoms with Gasteiger partial charge in [0.1, 0.15) is 0 Å². The second kappa shape index (κ2) is 4.28. The van der Waals surface area contributed by atoms with Gasteiger partial charge in [0, 0.05) is 0 Å². The van der Waals surface area contributed by atoms with Crippen molar-refractivity contribution in [2.45, 2.75) is 32.1 Å². The zero-order valence-electron chi connectivity index (χ0n) is 11.2. The van der Waals surface area contributed by atoms with E-state index in [0.717, 1.165) is 12.3 Å². The Morgan fingerprint density at radius 1 is 1.00 bits per heavy atom. The summed E-state index contributed by atoms with van der Waals surface area (Å²) >= 11 is 0. The van der Waals surface area contributed by atoms with Gasteiger partial charge in [0.15, 0.2) is 0 Å². The Balaban J connectivity index is 1.99. The zero-order chi connectivity index (χ0) is 12.6. The summed E-state index contributed by atoms with van der Waals surface area (Å²) < 4.78 is 0. The van der Waals surface area contributed by atoms with E-state index in [1.807, 2.05) is 0 Å². The lowest BCUT2D eigenvalue weighted by Gasteiger charge is -2.31. The van der Waals surface area contributed by atoms with Crippen LogP contribution in [-0.2, 0) is 18.3 Å². The molecule has 3 rings (SSSR count). The molecule has 2 atom stereocenters. The minimum atomic E-state index is 0.290. The molecule has 18 heavy (non-hydrogen) atoms. The zero-order valence-corrected chi connectivity index (χ0v) is 11.2.